The summed E-state index contributed by atoms with van der Waals surface area (Å²) in [6.07, 6.45) is 0. The number of hydrogen-bond donors (Lipinski definition) is 0. The van der Waals surface area contributed by atoms with Crippen LogP contribution in [0.5, 0.6) is 0 Å². The van der Waals surface area contributed by atoms with Gasteiger partial charge in [-0.2, -0.15) is 4.31 Å². The lowest BCUT2D eigenvalue weighted by molar-refractivity contribution is 0.0697. The smallest absolute Gasteiger partial charge is 0.254 e. The van der Waals surface area contributed by atoms with E-state index < -0.39 is 27.6 Å². The summed E-state index contributed by atoms with van der Waals surface area (Å²) in [5.41, 5.74) is 1.70. The molecule has 5 nitrogen and oxygen atoms in total. The topological polar surface area (TPSA) is 57.7 Å². The summed E-state index contributed by atoms with van der Waals surface area (Å²) >= 11 is 0. The van der Waals surface area contributed by atoms with Crippen LogP contribution in [0.1, 0.15) is 21.5 Å². The molecule has 0 bridgehead atoms. The predicted octanol–water partition coefficient (Wildman–Crippen LogP) is 2.73. The van der Waals surface area contributed by atoms with Gasteiger partial charge in [-0.1, -0.05) is 17.7 Å². The highest BCUT2D eigenvalue weighted by Crippen LogP contribution is 2.22. The normalized spacial score (nSPS) is 15.8. The summed E-state index contributed by atoms with van der Waals surface area (Å²) in [5, 5.41) is 0. The van der Waals surface area contributed by atoms with E-state index in [1.165, 1.54) is 15.3 Å². The standard InChI is InChI=1S/C19H20F2N2O3S/c1-13-3-6-18(14(2)11-13)27(25,26)23-9-7-22(8-10-23)19(24)15-4-5-16(20)17(21)12-15/h3-6,11-12H,7-10H2,1-2H3. The average Bonchev–Trinajstić information content (AvgIpc) is 2.63. The second-order valence-corrected chi connectivity index (χ2v) is 8.50. The van der Waals surface area contributed by atoms with Crippen molar-refractivity contribution in [3.05, 3.63) is 64.7 Å². The van der Waals surface area contributed by atoms with E-state index in [-0.39, 0.29) is 36.6 Å². The van der Waals surface area contributed by atoms with Crippen LogP contribution in [0.25, 0.3) is 0 Å². The van der Waals surface area contributed by atoms with E-state index in [9.17, 15) is 22.0 Å². The van der Waals surface area contributed by atoms with Crippen molar-refractivity contribution in [3.63, 3.8) is 0 Å². The van der Waals surface area contributed by atoms with Crippen LogP contribution in [-0.4, -0.2) is 49.7 Å². The molecule has 0 aliphatic carbocycles. The molecule has 3 rings (SSSR count). The van der Waals surface area contributed by atoms with Crippen molar-refractivity contribution < 1.29 is 22.0 Å². The first-order valence-electron chi connectivity index (χ1n) is 8.52. The lowest BCUT2D eigenvalue weighted by atomic mass is 10.1. The van der Waals surface area contributed by atoms with Gasteiger partial charge in [0, 0.05) is 31.7 Å². The summed E-state index contributed by atoms with van der Waals surface area (Å²) < 4.78 is 53.5. The number of piperazine rings is 1. The van der Waals surface area contributed by atoms with Gasteiger partial charge in [0.25, 0.3) is 5.91 Å². The molecule has 0 spiro atoms. The number of carbonyl (C=O) groups is 1. The summed E-state index contributed by atoms with van der Waals surface area (Å²) in [5.74, 6) is -2.55. The fourth-order valence-electron chi connectivity index (χ4n) is 3.17. The van der Waals surface area contributed by atoms with Crippen LogP contribution in [0, 0.1) is 25.5 Å². The van der Waals surface area contributed by atoms with Crippen LogP contribution in [0.4, 0.5) is 8.78 Å². The molecule has 1 aliphatic heterocycles. The zero-order valence-corrected chi connectivity index (χ0v) is 15.9. The number of hydrogen-bond acceptors (Lipinski definition) is 3. The van der Waals surface area contributed by atoms with Crippen molar-refractivity contribution >= 4 is 15.9 Å². The van der Waals surface area contributed by atoms with Crippen molar-refractivity contribution in [2.45, 2.75) is 18.7 Å². The molecule has 1 fully saturated rings. The van der Waals surface area contributed by atoms with Crippen LogP contribution >= 0.6 is 0 Å². The number of rotatable bonds is 3. The molecular weight excluding hydrogens is 374 g/mol. The Labute approximate surface area is 157 Å². The number of benzene rings is 2. The SMILES string of the molecule is Cc1ccc(S(=O)(=O)N2CCN(C(=O)c3ccc(F)c(F)c3)CC2)c(C)c1. The van der Waals surface area contributed by atoms with Crippen molar-refractivity contribution in [3.8, 4) is 0 Å². The summed E-state index contributed by atoms with van der Waals surface area (Å²) in [6, 6.07) is 8.15. The molecule has 27 heavy (non-hydrogen) atoms. The van der Waals surface area contributed by atoms with E-state index in [4.69, 9.17) is 0 Å². The van der Waals surface area contributed by atoms with Gasteiger partial charge in [0.15, 0.2) is 11.6 Å². The highest BCUT2D eigenvalue weighted by Gasteiger charge is 2.31. The fraction of sp³-hybridized carbons (Fsp3) is 0.316. The lowest BCUT2D eigenvalue weighted by Gasteiger charge is -2.34. The highest BCUT2D eigenvalue weighted by molar-refractivity contribution is 7.89. The minimum atomic E-state index is -3.65. The molecule has 0 atom stereocenters. The lowest BCUT2D eigenvalue weighted by Crippen LogP contribution is -2.50. The van der Waals surface area contributed by atoms with Crippen LogP contribution < -0.4 is 0 Å². The number of aryl methyl sites for hydroxylation is 2. The Kier molecular flexibility index (Phi) is 5.30. The first-order chi connectivity index (χ1) is 12.7. The second kappa shape index (κ2) is 7.36. The van der Waals surface area contributed by atoms with Gasteiger partial charge in [0.2, 0.25) is 10.0 Å². The molecule has 1 heterocycles. The maximum Gasteiger partial charge on any atom is 0.254 e. The first-order valence-corrected chi connectivity index (χ1v) is 9.96. The van der Waals surface area contributed by atoms with Crippen molar-refractivity contribution in [2.24, 2.45) is 0 Å². The maximum atomic E-state index is 13.3. The molecule has 8 heteroatoms. The van der Waals surface area contributed by atoms with Gasteiger partial charge in [-0.05, 0) is 43.7 Å². The number of carbonyl (C=O) groups excluding carboxylic acids is 1. The summed E-state index contributed by atoms with van der Waals surface area (Å²) in [7, 11) is -3.65. The first kappa shape index (κ1) is 19.4. The second-order valence-electron chi connectivity index (χ2n) is 6.59. The molecule has 144 valence electrons. The molecule has 0 N–H and O–H groups in total. The maximum absolute atomic E-state index is 13.3. The third-order valence-electron chi connectivity index (χ3n) is 4.64. The zero-order chi connectivity index (χ0) is 19.8. The number of nitrogens with zero attached hydrogens (tertiary/aromatic N) is 2. The minimum absolute atomic E-state index is 0.0413. The molecule has 0 aromatic heterocycles. The monoisotopic (exact) mass is 394 g/mol. The van der Waals surface area contributed by atoms with Crippen molar-refractivity contribution in [1.82, 2.24) is 9.21 Å². The van der Waals surface area contributed by atoms with Crippen LogP contribution in [-0.2, 0) is 10.0 Å². The Hall–Kier alpha value is -2.32. The number of sulfonamides is 1. The van der Waals surface area contributed by atoms with Crippen molar-refractivity contribution in [1.29, 1.82) is 0 Å². The molecule has 0 saturated carbocycles. The Morgan fingerprint density at radius 1 is 0.926 bits per heavy atom. The number of amides is 1. The Balaban J connectivity index is 1.72. The average molecular weight is 394 g/mol. The summed E-state index contributed by atoms with van der Waals surface area (Å²) in [6.45, 7) is 4.30. The molecule has 2 aromatic carbocycles. The molecule has 0 radical (unpaired) electrons. The molecule has 0 unspecified atom stereocenters. The minimum Gasteiger partial charge on any atom is -0.336 e. The molecule has 1 saturated heterocycles. The molecular formula is C19H20F2N2O3S. The Morgan fingerprint density at radius 2 is 1.59 bits per heavy atom. The zero-order valence-electron chi connectivity index (χ0n) is 15.1. The van der Waals surface area contributed by atoms with Gasteiger partial charge in [-0.3, -0.25) is 4.79 Å². The van der Waals surface area contributed by atoms with Crippen LogP contribution in [0.2, 0.25) is 0 Å². The van der Waals surface area contributed by atoms with E-state index in [1.807, 2.05) is 13.0 Å². The van der Waals surface area contributed by atoms with Crippen LogP contribution in [0.15, 0.2) is 41.3 Å². The molecule has 1 aliphatic rings. The highest BCUT2D eigenvalue weighted by atomic mass is 32.2. The predicted molar refractivity (Wildman–Crippen MR) is 96.9 cm³/mol. The van der Waals surface area contributed by atoms with E-state index in [2.05, 4.69) is 0 Å². The molecule has 1 amide bonds. The molecule has 2 aromatic rings. The van der Waals surface area contributed by atoms with Gasteiger partial charge < -0.3 is 4.90 Å². The van der Waals surface area contributed by atoms with Gasteiger partial charge in [-0.15, -0.1) is 0 Å². The quantitative estimate of drug-likeness (QED) is 0.804. The van der Waals surface area contributed by atoms with Gasteiger partial charge in [0.1, 0.15) is 0 Å². The van der Waals surface area contributed by atoms with E-state index in [0.29, 0.717) is 5.56 Å². The van der Waals surface area contributed by atoms with Crippen molar-refractivity contribution in [2.75, 3.05) is 26.2 Å². The van der Waals surface area contributed by atoms with E-state index in [0.717, 1.165) is 17.7 Å². The van der Waals surface area contributed by atoms with E-state index in [1.54, 1.807) is 19.1 Å². The Morgan fingerprint density at radius 3 is 2.19 bits per heavy atom. The van der Waals surface area contributed by atoms with Gasteiger partial charge in [-0.25, -0.2) is 17.2 Å². The van der Waals surface area contributed by atoms with Gasteiger partial charge >= 0.3 is 0 Å². The van der Waals surface area contributed by atoms with Crippen LogP contribution in [0.3, 0.4) is 0 Å². The van der Waals surface area contributed by atoms with Gasteiger partial charge in [0.05, 0.1) is 4.90 Å². The summed E-state index contributed by atoms with van der Waals surface area (Å²) in [4.78, 5) is 14.2. The third kappa shape index (κ3) is 3.86. The Bertz CT molecular complexity index is 984. The third-order valence-corrected chi connectivity index (χ3v) is 6.70. The number of halogens is 2. The van der Waals surface area contributed by atoms with E-state index >= 15 is 0 Å². The largest absolute Gasteiger partial charge is 0.336 e. The fourth-order valence-corrected chi connectivity index (χ4v) is 4.80.